The summed E-state index contributed by atoms with van der Waals surface area (Å²) < 4.78 is 11.8. The maximum absolute atomic E-state index is 12.0. The molecule has 0 radical (unpaired) electrons. The van der Waals surface area contributed by atoms with Crippen LogP contribution < -0.4 is 10.6 Å². The van der Waals surface area contributed by atoms with Crippen LogP contribution in [0.2, 0.25) is 0 Å². The van der Waals surface area contributed by atoms with Crippen LogP contribution in [-0.2, 0) is 10.8 Å². The first kappa shape index (κ1) is 20.6. The van der Waals surface area contributed by atoms with Crippen molar-refractivity contribution in [1.29, 1.82) is 0 Å². The van der Waals surface area contributed by atoms with E-state index in [1.165, 1.54) is 0 Å². The fourth-order valence-electron chi connectivity index (χ4n) is 2.05. The van der Waals surface area contributed by atoms with E-state index in [9.17, 15) is 9.32 Å². The van der Waals surface area contributed by atoms with Crippen LogP contribution >= 0.6 is 0 Å². The molecule has 0 fully saturated rings. The molecule has 0 amide bonds. The number of nitrogens with zero attached hydrogens (tertiary/aromatic N) is 1. The van der Waals surface area contributed by atoms with Gasteiger partial charge in [0.1, 0.15) is 0 Å². The largest absolute Gasteiger partial charge is 0.388 e. The molecule has 136 valence electrons. The average molecular weight is 354 g/mol. The highest BCUT2D eigenvalue weighted by Gasteiger charge is 2.18. The van der Waals surface area contributed by atoms with Gasteiger partial charge in [-0.05, 0) is 39.7 Å². The second-order valence-corrected chi connectivity index (χ2v) is 8.89. The predicted molar refractivity (Wildman–Crippen MR) is 103 cm³/mol. The number of hydrogen-bond acceptors (Lipinski definition) is 3. The van der Waals surface area contributed by atoms with Gasteiger partial charge in [0.15, 0.2) is 5.96 Å². The number of aliphatic hydroxyl groups is 1. The predicted octanol–water partition coefficient (Wildman–Crippen LogP) is 2.21. The molecular formula is C18H31N3O2S. The maximum Gasteiger partial charge on any atom is 0.191 e. The van der Waals surface area contributed by atoms with Crippen molar-refractivity contribution in [2.24, 2.45) is 4.99 Å². The molecule has 1 aromatic carbocycles. The Morgan fingerprint density at radius 1 is 1.25 bits per heavy atom. The van der Waals surface area contributed by atoms with Crippen molar-refractivity contribution in [2.45, 2.75) is 45.0 Å². The summed E-state index contributed by atoms with van der Waals surface area (Å²) >= 11 is 0. The summed E-state index contributed by atoms with van der Waals surface area (Å²) in [6.07, 6.45) is 0.0559. The smallest absolute Gasteiger partial charge is 0.191 e. The van der Waals surface area contributed by atoms with Crippen molar-refractivity contribution in [3.63, 3.8) is 0 Å². The summed E-state index contributed by atoms with van der Waals surface area (Å²) in [5, 5.41) is 16.5. The molecule has 0 heterocycles. The molecule has 6 heteroatoms. The topological polar surface area (TPSA) is 73.7 Å². The fourth-order valence-corrected chi connectivity index (χ4v) is 2.95. The molecule has 0 aromatic heterocycles. The maximum atomic E-state index is 12.0. The van der Waals surface area contributed by atoms with Gasteiger partial charge < -0.3 is 15.7 Å². The Morgan fingerprint density at radius 3 is 2.50 bits per heavy atom. The lowest BCUT2D eigenvalue weighted by molar-refractivity contribution is 0.170. The van der Waals surface area contributed by atoms with Gasteiger partial charge in [-0.3, -0.25) is 9.20 Å². The lowest BCUT2D eigenvalue weighted by Gasteiger charge is -2.18. The van der Waals surface area contributed by atoms with Gasteiger partial charge in [-0.25, -0.2) is 0 Å². The number of rotatable bonds is 8. The number of nitrogens with one attached hydrogen (secondary N) is 2. The highest BCUT2D eigenvalue weighted by Crippen LogP contribution is 2.15. The van der Waals surface area contributed by atoms with Crippen LogP contribution in [0.3, 0.4) is 0 Å². The lowest BCUT2D eigenvalue weighted by atomic mass is 10.1. The highest BCUT2D eigenvalue weighted by atomic mass is 32.2. The average Bonchev–Trinajstić information content (AvgIpc) is 2.54. The standard InChI is InChI=1S/C18H31N3O2S/c1-5-19-17(21-13-14-24(23)18(2,3)4)20-12-11-16(22)15-9-7-6-8-10-15/h6-10,16,22H,5,11-14H2,1-4H3,(H2,19,20,21). The molecule has 2 atom stereocenters. The summed E-state index contributed by atoms with van der Waals surface area (Å²) in [6.45, 7) is 9.83. The van der Waals surface area contributed by atoms with E-state index in [2.05, 4.69) is 15.6 Å². The third-order valence-electron chi connectivity index (χ3n) is 3.46. The number of aliphatic imine (C=N–C) groups is 1. The fraction of sp³-hybridized carbons (Fsp3) is 0.611. The zero-order valence-electron chi connectivity index (χ0n) is 15.2. The third-order valence-corrected chi connectivity index (χ3v) is 5.40. The Hall–Kier alpha value is -1.40. The summed E-state index contributed by atoms with van der Waals surface area (Å²) in [4.78, 5) is 4.47. The molecule has 1 rings (SSSR count). The summed E-state index contributed by atoms with van der Waals surface area (Å²) in [6, 6.07) is 9.61. The van der Waals surface area contributed by atoms with E-state index in [1.807, 2.05) is 58.0 Å². The number of hydrogen-bond donors (Lipinski definition) is 3. The Kier molecular flexibility index (Phi) is 9.00. The Bertz CT molecular complexity index is 527. The van der Waals surface area contributed by atoms with Crippen LogP contribution in [0.1, 0.15) is 45.8 Å². The Labute approximate surface area is 148 Å². The van der Waals surface area contributed by atoms with Crippen LogP contribution in [0.25, 0.3) is 0 Å². The minimum atomic E-state index is -0.881. The molecule has 0 saturated heterocycles. The van der Waals surface area contributed by atoms with E-state index in [1.54, 1.807) is 0 Å². The van der Waals surface area contributed by atoms with E-state index in [0.29, 0.717) is 31.2 Å². The van der Waals surface area contributed by atoms with Crippen molar-refractivity contribution in [3.8, 4) is 0 Å². The van der Waals surface area contributed by atoms with Gasteiger partial charge in [0.05, 0.1) is 6.10 Å². The monoisotopic (exact) mass is 353 g/mol. The molecule has 0 bridgehead atoms. The first-order chi connectivity index (χ1) is 11.3. The van der Waals surface area contributed by atoms with Gasteiger partial charge in [-0.1, -0.05) is 30.3 Å². The van der Waals surface area contributed by atoms with Crippen molar-refractivity contribution in [1.82, 2.24) is 10.6 Å². The second kappa shape index (κ2) is 10.5. The first-order valence-corrected chi connectivity index (χ1v) is 9.80. The highest BCUT2D eigenvalue weighted by molar-refractivity contribution is 7.86. The van der Waals surface area contributed by atoms with Crippen LogP contribution in [0, 0.1) is 0 Å². The SMILES string of the molecule is CCNC(=NCCC(O)c1ccccc1)NCCS(=O)C(C)(C)C. The zero-order chi connectivity index (χ0) is 18.0. The van der Waals surface area contributed by atoms with E-state index in [0.717, 1.165) is 12.1 Å². The zero-order valence-corrected chi connectivity index (χ0v) is 16.0. The normalized spacial score (nSPS) is 15.0. The molecule has 0 saturated carbocycles. The Morgan fingerprint density at radius 2 is 1.92 bits per heavy atom. The van der Waals surface area contributed by atoms with Gasteiger partial charge in [0.2, 0.25) is 0 Å². The van der Waals surface area contributed by atoms with E-state index < -0.39 is 16.9 Å². The van der Waals surface area contributed by atoms with E-state index in [-0.39, 0.29) is 4.75 Å². The minimum Gasteiger partial charge on any atom is -0.388 e. The van der Waals surface area contributed by atoms with Crippen molar-refractivity contribution in [3.05, 3.63) is 35.9 Å². The molecule has 24 heavy (non-hydrogen) atoms. The molecule has 1 aromatic rings. The molecule has 5 nitrogen and oxygen atoms in total. The van der Waals surface area contributed by atoms with Crippen molar-refractivity contribution < 1.29 is 9.32 Å². The summed E-state index contributed by atoms with van der Waals surface area (Å²) in [5.41, 5.74) is 0.909. The van der Waals surface area contributed by atoms with Gasteiger partial charge in [0, 0.05) is 40.9 Å². The van der Waals surface area contributed by atoms with Crippen LogP contribution in [0.4, 0.5) is 0 Å². The molecule has 0 aliphatic rings. The van der Waals surface area contributed by atoms with Crippen molar-refractivity contribution >= 4 is 16.8 Å². The number of benzene rings is 1. The van der Waals surface area contributed by atoms with Gasteiger partial charge >= 0.3 is 0 Å². The molecule has 0 aliphatic heterocycles. The quantitative estimate of drug-likeness (QED) is 0.495. The van der Waals surface area contributed by atoms with Gasteiger partial charge in [-0.2, -0.15) is 0 Å². The Balaban J connectivity index is 2.43. The molecule has 0 spiro atoms. The van der Waals surface area contributed by atoms with Crippen LogP contribution in [0.5, 0.6) is 0 Å². The second-order valence-electron chi connectivity index (χ2n) is 6.56. The van der Waals surface area contributed by atoms with Crippen LogP contribution in [-0.4, -0.2) is 45.4 Å². The van der Waals surface area contributed by atoms with Gasteiger partial charge in [-0.15, -0.1) is 0 Å². The van der Waals surface area contributed by atoms with Crippen molar-refractivity contribution in [2.75, 3.05) is 25.4 Å². The minimum absolute atomic E-state index is 0.197. The number of aliphatic hydroxyl groups excluding tert-OH is 1. The third kappa shape index (κ3) is 7.93. The first-order valence-electron chi connectivity index (χ1n) is 8.48. The molecule has 3 N–H and O–H groups in total. The summed E-state index contributed by atoms with van der Waals surface area (Å²) in [5.74, 6) is 1.28. The lowest BCUT2D eigenvalue weighted by Crippen LogP contribution is -2.40. The summed E-state index contributed by atoms with van der Waals surface area (Å²) in [7, 11) is -0.881. The van der Waals surface area contributed by atoms with E-state index >= 15 is 0 Å². The number of guanidine groups is 1. The van der Waals surface area contributed by atoms with Crippen LogP contribution in [0.15, 0.2) is 35.3 Å². The molecule has 2 unspecified atom stereocenters. The van der Waals surface area contributed by atoms with E-state index in [4.69, 9.17) is 0 Å². The molecule has 0 aliphatic carbocycles. The van der Waals surface area contributed by atoms with Gasteiger partial charge in [0.25, 0.3) is 0 Å². The molecular weight excluding hydrogens is 322 g/mol.